The molecule has 6 nitrogen and oxygen atoms in total. The number of hydrogen-bond acceptors (Lipinski definition) is 6. The fourth-order valence-corrected chi connectivity index (χ4v) is 2.34. The van der Waals surface area contributed by atoms with Gasteiger partial charge in [0.15, 0.2) is 5.13 Å². The number of carboxylic acid groups (broad SMARTS) is 1. The molecule has 0 bridgehead atoms. The zero-order chi connectivity index (χ0) is 14.5. The number of anilines is 2. The monoisotopic (exact) mass is 294 g/mol. The molecule has 0 spiro atoms. The zero-order valence-electron chi connectivity index (χ0n) is 11.0. The van der Waals surface area contributed by atoms with Gasteiger partial charge in [-0.25, -0.2) is 4.98 Å². The van der Waals surface area contributed by atoms with Crippen molar-refractivity contribution < 1.29 is 19.4 Å². The van der Waals surface area contributed by atoms with Crippen LogP contribution in [0, 0.1) is 0 Å². The highest BCUT2D eigenvalue weighted by Crippen LogP contribution is 2.32. The molecule has 0 unspecified atom stereocenters. The molecule has 0 fully saturated rings. The lowest BCUT2D eigenvalue weighted by atomic mass is 10.3. The molecule has 2 N–H and O–H groups in total. The summed E-state index contributed by atoms with van der Waals surface area (Å²) in [5, 5.41) is 14.1. The van der Waals surface area contributed by atoms with Crippen molar-refractivity contribution >= 4 is 28.1 Å². The largest absolute Gasteiger partial charge is 0.497 e. The summed E-state index contributed by atoms with van der Waals surface area (Å²) in [7, 11) is 3.15. The van der Waals surface area contributed by atoms with E-state index in [0.717, 1.165) is 5.69 Å². The molecule has 0 saturated heterocycles. The first kappa shape index (κ1) is 14.1. The first-order chi connectivity index (χ1) is 9.62. The minimum absolute atomic E-state index is 0.0854. The molecule has 0 aliphatic carbocycles. The van der Waals surface area contributed by atoms with E-state index >= 15 is 0 Å². The van der Waals surface area contributed by atoms with Crippen LogP contribution in [0.2, 0.25) is 0 Å². The Bertz CT molecular complexity index is 612. The number of aromatic nitrogens is 1. The van der Waals surface area contributed by atoms with Crippen LogP contribution in [-0.4, -0.2) is 30.3 Å². The highest BCUT2D eigenvalue weighted by Gasteiger charge is 2.09. The van der Waals surface area contributed by atoms with Gasteiger partial charge in [-0.15, -0.1) is 11.3 Å². The summed E-state index contributed by atoms with van der Waals surface area (Å²) in [6.45, 7) is 0. The van der Waals surface area contributed by atoms with Gasteiger partial charge in [-0.3, -0.25) is 4.79 Å². The molecule has 0 aliphatic rings. The average Bonchev–Trinajstić information content (AvgIpc) is 2.85. The van der Waals surface area contributed by atoms with Crippen molar-refractivity contribution in [3.05, 3.63) is 29.3 Å². The summed E-state index contributed by atoms with van der Waals surface area (Å²) >= 11 is 1.34. The number of rotatable bonds is 6. The molecule has 0 amide bonds. The predicted molar refractivity (Wildman–Crippen MR) is 76.3 cm³/mol. The maximum absolute atomic E-state index is 10.6. The van der Waals surface area contributed by atoms with E-state index in [9.17, 15) is 4.79 Å². The van der Waals surface area contributed by atoms with E-state index in [-0.39, 0.29) is 6.42 Å². The molecule has 0 atom stereocenters. The lowest BCUT2D eigenvalue weighted by Gasteiger charge is -2.10. The first-order valence-electron chi connectivity index (χ1n) is 5.77. The Kier molecular flexibility index (Phi) is 4.41. The third-order valence-corrected chi connectivity index (χ3v) is 3.34. The van der Waals surface area contributed by atoms with Gasteiger partial charge >= 0.3 is 5.97 Å². The minimum Gasteiger partial charge on any atom is -0.497 e. The van der Waals surface area contributed by atoms with Gasteiger partial charge in [-0.1, -0.05) is 0 Å². The number of methoxy groups -OCH3 is 2. The fourth-order valence-electron chi connectivity index (χ4n) is 1.62. The number of hydrogen-bond donors (Lipinski definition) is 2. The van der Waals surface area contributed by atoms with Crippen molar-refractivity contribution in [2.75, 3.05) is 19.5 Å². The van der Waals surface area contributed by atoms with Gasteiger partial charge in [0.05, 0.1) is 32.0 Å². The van der Waals surface area contributed by atoms with Crippen LogP contribution in [-0.2, 0) is 11.2 Å². The van der Waals surface area contributed by atoms with Crippen molar-refractivity contribution in [3.63, 3.8) is 0 Å². The Morgan fingerprint density at radius 1 is 1.40 bits per heavy atom. The summed E-state index contributed by atoms with van der Waals surface area (Å²) in [4.78, 5) is 14.8. The van der Waals surface area contributed by atoms with E-state index in [0.29, 0.717) is 22.3 Å². The lowest BCUT2D eigenvalue weighted by Crippen LogP contribution is -2.00. The number of carbonyl (C=O) groups is 1. The van der Waals surface area contributed by atoms with Gasteiger partial charge in [-0.05, 0) is 12.1 Å². The number of benzene rings is 1. The van der Waals surface area contributed by atoms with Gasteiger partial charge in [0.1, 0.15) is 11.5 Å². The lowest BCUT2D eigenvalue weighted by molar-refractivity contribution is -0.136. The summed E-state index contributed by atoms with van der Waals surface area (Å²) in [6.07, 6.45) is -0.0854. The Labute approximate surface area is 120 Å². The van der Waals surface area contributed by atoms with Crippen LogP contribution in [0.4, 0.5) is 10.8 Å². The number of thiazole rings is 1. The van der Waals surface area contributed by atoms with Crippen LogP contribution in [0.1, 0.15) is 5.69 Å². The average molecular weight is 294 g/mol. The second-order valence-corrected chi connectivity index (χ2v) is 4.76. The topological polar surface area (TPSA) is 80.7 Å². The Morgan fingerprint density at radius 2 is 2.20 bits per heavy atom. The molecular formula is C13H14N2O4S. The highest BCUT2D eigenvalue weighted by atomic mass is 32.1. The summed E-state index contributed by atoms with van der Waals surface area (Å²) in [5.41, 5.74) is 1.27. The second-order valence-electron chi connectivity index (χ2n) is 3.91. The fraction of sp³-hybridized carbons (Fsp3) is 0.231. The molecule has 2 aromatic rings. The molecule has 2 rings (SSSR count). The zero-order valence-corrected chi connectivity index (χ0v) is 11.9. The molecule has 1 aromatic carbocycles. The maximum Gasteiger partial charge on any atom is 0.309 e. The molecule has 0 saturated carbocycles. The van der Waals surface area contributed by atoms with Crippen LogP contribution in [0.5, 0.6) is 11.5 Å². The molecule has 1 heterocycles. The minimum atomic E-state index is -0.899. The second kappa shape index (κ2) is 6.25. The van der Waals surface area contributed by atoms with Crippen LogP contribution in [0.3, 0.4) is 0 Å². The van der Waals surface area contributed by atoms with Gasteiger partial charge in [0, 0.05) is 11.4 Å². The van der Waals surface area contributed by atoms with Gasteiger partial charge in [0.2, 0.25) is 0 Å². The van der Waals surface area contributed by atoms with Crippen LogP contribution in [0.25, 0.3) is 0 Å². The molecule has 106 valence electrons. The molecule has 7 heteroatoms. The van der Waals surface area contributed by atoms with Gasteiger partial charge in [-0.2, -0.15) is 0 Å². The van der Waals surface area contributed by atoms with E-state index in [1.54, 1.807) is 31.7 Å². The number of nitrogens with zero attached hydrogens (tertiary/aromatic N) is 1. The van der Waals surface area contributed by atoms with E-state index in [1.807, 2.05) is 6.07 Å². The molecule has 0 aliphatic heterocycles. The summed E-state index contributed by atoms with van der Waals surface area (Å²) < 4.78 is 10.4. The van der Waals surface area contributed by atoms with Crippen molar-refractivity contribution in [3.8, 4) is 11.5 Å². The maximum atomic E-state index is 10.6. The summed E-state index contributed by atoms with van der Waals surface area (Å²) in [6, 6.07) is 5.38. The van der Waals surface area contributed by atoms with Crippen molar-refractivity contribution in [2.45, 2.75) is 6.42 Å². The molecule has 20 heavy (non-hydrogen) atoms. The van der Waals surface area contributed by atoms with Crippen LogP contribution < -0.4 is 14.8 Å². The van der Waals surface area contributed by atoms with E-state index in [4.69, 9.17) is 14.6 Å². The third kappa shape index (κ3) is 3.39. The van der Waals surface area contributed by atoms with Crippen LogP contribution in [0.15, 0.2) is 23.6 Å². The Morgan fingerprint density at radius 3 is 2.85 bits per heavy atom. The standard InChI is InChI=1S/C13H14N2O4S/c1-18-9-3-4-10(11(6-9)19-2)15-13-14-8(7-20-13)5-12(16)17/h3-4,6-7H,5H2,1-2H3,(H,14,15)(H,16,17). The van der Waals surface area contributed by atoms with E-state index in [2.05, 4.69) is 10.3 Å². The third-order valence-electron chi connectivity index (χ3n) is 2.53. The van der Waals surface area contributed by atoms with Gasteiger partial charge < -0.3 is 19.9 Å². The smallest absolute Gasteiger partial charge is 0.309 e. The van der Waals surface area contributed by atoms with Crippen molar-refractivity contribution in [1.82, 2.24) is 4.98 Å². The van der Waals surface area contributed by atoms with Crippen molar-refractivity contribution in [1.29, 1.82) is 0 Å². The number of ether oxygens (including phenoxy) is 2. The number of carboxylic acids is 1. The Balaban J connectivity index is 2.17. The number of aliphatic carboxylic acids is 1. The van der Waals surface area contributed by atoms with E-state index in [1.165, 1.54) is 11.3 Å². The number of nitrogens with one attached hydrogen (secondary N) is 1. The SMILES string of the molecule is COc1ccc(Nc2nc(CC(=O)O)cs2)c(OC)c1. The first-order valence-corrected chi connectivity index (χ1v) is 6.65. The molecule has 0 radical (unpaired) electrons. The van der Waals surface area contributed by atoms with Crippen LogP contribution >= 0.6 is 11.3 Å². The quantitative estimate of drug-likeness (QED) is 0.852. The molecule has 1 aromatic heterocycles. The molecular weight excluding hydrogens is 280 g/mol. The highest BCUT2D eigenvalue weighted by molar-refractivity contribution is 7.13. The predicted octanol–water partition coefficient (Wildman–Crippen LogP) is 2.53. The van der Waals surface area contributed by atoms with E-state index < -0.39 is 5.97 Å². The van der Waals surface area contributed by atoms with Crippen molar-refractivity contribution in [2.24, 2.45) is 0 Å². The Hall–Kier alpha value is -2.28. The van der Waals surface area contributed by atoms with Gasteiger partial charge in [0.25, 0.3) is 0 Å². The summed E-state index contributed by atoms with van der Waals surface area (Å²) in [5.74, 6) is 0.418. The normalized spacial score (nSPS) is 10.1.